The van der Waals surface area contributed by atoms with Crippen LogP contribution in [0.3, 0.4) is 0 Å². The molecule has 1 aliphatic heterocycles. The topological polar surface area (TPSA) is 112 Å². The molecule has 3 rings (SSSR count). The van der Waals surface area contributed by atoms with Crippen molar-refractivity contribution in [3.63, 3.8) is 0 Å². The van der Waals surface area contributed by atoms with Crippen molar-refractivity contribution in [2.45, 2.75) is 12.5 Å². The zero-order valence-electron chi connectivity index (χ0n) is 15.6. The van der Waals surface area contributed by atoms with E-state index in [0.29, 0.717) is 44.4 Å². The number of carbonyl (C=O) groups is 2. The van der Waals surface area contributed by atoms with Crippen molar-refractivity contribution in [2.24, 2.45) is 12.8 Å². The Labute approximate surface area is 157 Å². The number of rotatable bonds is 7. The van der Waals surface area contributed by atoms with Crippen LogP contribution in [0.4, 0.5) is 5.95 Å². The van der Waals surface area contributed by atoms with Gasteiger partial charge >= 0.3 is 0 Å². The van der Waals surface area contributed by atoms with Gasteiger partial charge in [0.1, 0.15) is 0 Å². The zero-order valence-corrected chi connectivity index (χ0v) is 15.6. The second kappa shape index (κ2) is 8.36. The van der Waals surface area contributed by atoms with E-state index >= 15 is 0 Å². The Hall–Kier alpha value is -2.65. The van der Waals surface area contributed by atoms with Gasteiger partial charge in [-0.3, -0.25) is 9.59 Å². The van der Waals surface area contributed by atoms with E-state index in [9.17, 15) is 9.59 Å². The summed E-state index contributed by atoms with van der Waals surface area (Å²) in [6, 6.07) is 5.09. The average Bonchev–Trinajstić information content (AvgIpc) is 2.97. The third-order valence-corrected chi connectivity index (χ3v) is 4.64. The quantitative estimate of drug-likeness (QED) is 0.676. The van der Waals surface area contributed by atoms with E-state index in [4.69, 9.17) is 15.2 Å². The number of hydrogen-bond acceptors (Lipinski definition) is 6. The molecule has 2 aromatic rings. The average molecular weight is 375 g/mol. The van der Waals surface area contributed by atoms with Crippen molar-refractivity contribution < 1.29 is 19.1 Å². The number of carbonyl (C=O) groups excluding carboxylic acids is 2. The normalized spacial score (nSPS) is 17.3. The van der Waals surface area contributed by atoms with Gasteiger partial charge < -0.3 is 30.0 Å². The Morgan fingerprint density at radius 2 is 2.26 bits per heavy atom. The summed E-state index contributed by atoms with van der Waals surface area (Å²) in [4.78, 5) is 30.5. The Kier molecular flexibility index (Phi) is 5.92. The lowest BCUT2D eigenvalue weighted by atomic mass is 10.1. The second-order valence-corrected chi connectivity index (χ2v) is 6.52. The first kappa shape index (κ1) is 19.1. The lowest BCUT2D eigenvalue weighted by Gasteiger charge is -2.35. The molecule has 1 fully saturated rings. The van der Waals surface area contributed by atoms with E-state index in [1.807, 2.05) is 17.7 Å². The Bertz CT molecular complexity index is 835. The SMILES string of the molecule is COCCNc1nc2cc(C(=O)N3CCOC[C@@H]3CC(N)=O)ccc2n1C. The highest BCUT2D eigenvalue weighted by atomic mass is 16.5. The fourth-order valence-corrected chi connectivity index (χ4v) is 3.25. The fraction of sp³-hybridized carbons (Fsp3) is 0.500. The number of primary amides is 1. The number of aryl methyl sites for hydroxylation is 1. The summed E-state index contributed by atoms with van der Waals surface area (Å²) >= 11 is 0. The number of imidazole rings is 1. The van der Waals surface area contributed by atoms with E-state index in [1.165, 1.54) is 0 Å². The predicted molar refractivity (Wildman–Crippen MR) is 101 cm³/mol. The largest absolute Gasteiger partial charge is 0.383 e. The maximum Gasteiger partial charge on any atom is 0.254 e. The van der Waals surface area contributed by atoms with Crippen LogP contribution < -0.4 is 11.1 Å². The molecule has 27 heavy (non-hydrogen) atoms. The fourth-order valence-electron chi connectivity index (χ4n) is 3.25. The molecule has 2 heterocycles. The van der Waals surface area contributed by atoms with Gasteiger partial charge in [0.25, 0.3) is 5.91 Å². The van der Waals surface area contributed by atoms with E-state index in [-0.39, 0.29) is 18.4 Å². The molecule has 3 N–H and O–H groups in total. The van der Waals surface area contributed by atoms with E-state index < -0.39 is 5.91 Å². The number of nitrogens with one attached hydrogen (secondary N) is 1. The van der Waals surface area contributed by atoms with Gasteiger partial charge in [0.15, 0.2) is 0 Å². The summed E-state index contributed by atoms with van der Waals surface area (Å²) in [5, 5.41) is 3.21. The van der Waals surface area contributed by atoms with Gasteiger partial charge in [-0.05, 0) is 18.2 Å². The minimum absolute atomic E-state index is 0.0884. The summed E-state index contributed by atoms with van der Waals surface area (Å²) in [7, 11) is 3.56. The number of hydrogen-bond donors (Lipinski definition) is 2. The van der Waals surface area contributed by atoms with Crippen LogP contribution in [0.25, 0.3) is 11.0 Å². The summed E-state index contributed by atoms with van der Waals surface area (Å²) < 4.78 is 12.4. The molecule has 1 saturated heterocycles. The van der Waals surface area contributed by atoms with Crippen LogP contribution in [-0.2, 0) is 21.3 Å². The standard InChI is InChI=1S/C18H25N5O4/c1-22-15-4-3-12(9-14(15)21-18(22)20-5-7-26-2)17(25)23-6-8-27-11-13(23)10-16(19)24/h3-4,9,13H,5-8,10-11H2,1-2H3,(H2,19,24)(H,20,21)/t13-/m0/s1. The highest BCUT2D eigenvalue weighted by molar-refractivity contribution is 5.98. The van der Waals surface area contributed by atoms with Crippen molar-refractivity contribution in [2.75, 3.05) is 45.3 Å². The molecule has 0 unspecified atom stereocenters. The van der Waals surface area contributed by atoms with Gasteiger partial charge in [-0.2, -0.15) is 0 Å². The Balaban J connectivity index is 1.83. The van der Waals surface area contributed by atoms with Gasteiger partial charge in [-0.1, -0.05) is 0 Å². The molecule has 0 spiro atoms. The minimum Gasteiger partial charge on any atom is -0.383 e. The van der Waals surface area contributed by atoms with Crippen molar-refractivity contribution >= 4 is 28.8 Å². The number of morpholine rings is 1. The third-order valence-electron chi connectivity index (χ3n) is 4.64. The lowest BCUT2D eigenvalue weighted by molar-refractivity contribution is -0.120. The maximum absolute atomic E-state index is 13.0. The molecule has 146 valence electrons. The molecular weight excluding hydrogens is 350 g/mol. The summed E-state index contributed by atoms with van der Waals surface area (Å²) in [5.74, 6) is 0.117. The maximum atomic E-state index is 13.0. The molecular formula is C18H25N5O4. The highest BCUT2D eigenvalue weighted by Gasteiger charge is 2.29. The number of anilines is 1. The van der Waals surface area contributed by atoms with Crippen LogP contribution in [0.2, 0.25) is 0 Å². The van der Waals surface area contributed by atoms with Gasteiger partial charge in [0.05, 0.1) is 36.9 Å². The number of ether oxygens (including phenoxy) is 2. The molecule has 0 radical (unpaired) electrons. The van der Waals surface area contributed by atoms with Gasteiger partial charge in [0.2, 0.25) is 11.9 Å². The first-order chi connectivity index (χ1) is 13.0. The molecule has 1 aromatic heterocycles. The Morgan fingerprint density at radius 3 is 3.00 bits per heavy atom. The number of nitrogens with two attached hydrogens (primary N) is 1. The van der Waals surface area contributed by atoms with E-state index in [2.05, 4.69) is 10.3 Å². The summed E-state index contributed by atoms with van der Waals surface area (Å²) in [6.45, 7) is 2.41. The van der Waals surface area contributed by atoms with Crippen LogP contribution in [0, 0.1) is 0 Å². The molecule has 2 amide bonds. The minimum atomic E-state index is -0.449. The van der Waals surface area contributed by atoms with Crippen molar-refractivity contribution in [3.8, 4) is 0 Å². The number of benzene rings is 1. The van der Waals surface area contributed by atoms with E-state index in [0.717, 1.165) is 11.0 Å². The first-order valence-electron chi connectivity index (χ1n) is 8.87. The van der Waals surface area contributed by atoms with Crippen LogP contribution in [0.5, 0.6) is 0 Å². The van der Waals surface area contributed by atoms with Crippen LogP contribution in [0.15, 0.2) is 18.2 Å². The first-order valence-corrected chi connectivity index (χ1v) is 8.87. The van der Waals surface area contributed by atoms with Crippen LogP contribution >= 0.6 is 0 Å². The number of fused-ring (bicyclic) bond motifs is 1. The molecule has 0 aliphatic carbocycles. The molecule has 1 atom stereocenters. The number of amides is 2. The Morgan fingerprint density at radius 1 is 1.44 bits per heavy atom. The number of methoxy groups -OCH3 is 1. The van der Waals surface area contributed by atoms with Crippen LogP contribution in [-0.4, -0.2) is 72.3 Å². The zero-order chi connectivity index (χ0) is 19.4. The van der Waals surface area contributed by atoms with Gasteiger partial charge in [0, 0.05) is 39.2 Å². The van der Waals surface area contributed by atoms with Gasteiger partial charge in [-0.25, -0.2) is 4.98 Å². The van der Waals surface area contributed by atoms with Gasteiger partial charge in [-0.15, -0.1) is 0 Å². The van der Waals surface area contributed by atoms with Crippen LogP contribution in [0.1, 0.15) is 16.8 Å². The second-order valence-electron chi connectivity index (χ2n) is 6.52. The third kappa shape index (κ3) is 4.20. The summed E-state index contributed by atoms with van der Waals surface area (Å²) in [5.41, 5.74) is 7.48. The molecule has 0 saturated carbocycles. The lowest BCUT2D eigenvalue weighted by Crippen LogP contribution is -2.50. The smallest absolute Gasteiger partial charge is 0.254 e. The molecule has 9 heteroatoms. The monoisotopic (exact) mass is 375 g/mol. The predicted octanol–water partition coefficient (Wildman–Crippen LogP) is 0.348. The summed E-state index contributed by atoms with van der Waals surface area (Å²) in [6.07, 6.45) is 0.0884. The number of nitrogens with zero attached hydrogens (tertiary/aromatic N) is 3. The molecule has 0 bridgehead atoms. The van der Waals surface area contributed by atoms with Crippen molar-refractivity contribution in [1.29, 1.82) is 0 Å². The molecule has 1 aromatic carbocycles. The van der Waals surface area contributed by atoms with Crippen molar-refractivity contribution in [1.82, 2.24) is 14.5 Å². The highest BCUT2D eigenvalue weighted by Crippen LogP contribution is 2.22. The molecule has 9 nitrogen and oxygen atoms in total. The van der Waals surface area contributed by atoms with Crippen molar-refractivity contribution in [3.05, 3.63) is 23.8 Å². The molecule has 1 aliphatic rings. The van der Waals surface area contributed by atoms with E-state index in [1.54, 1.807) is 24.1 Å². The number of aromatic nitrogens is 2.